The highest BCUT2D eigenvalue weighted by atomic mass is 35.5. The number of ether oxygens (including phenoxy) is 1. The van der Waals surface area contributed by atoms with Gasteiger partial charge in [-0.3, -0.25) is 0 Å². The third-order valence-corrected chi connectivity index (χ3v) is 3.83. The maximum atomic E-state index is 9.17. The van der Waals surface area contributed by atoms with E-state index in [9.17, 15) is 0 Å². The normalized spacial score (nSPS) is 16.4. The lowest BCUT2D eigenvalue weighted by atomic mass is 9.97. The summed E-state index contributed by atoms with van der Waals surface area (Å²) < 4.78 is 5.49. The quantitative estimate of drug-likeness (QED) is 0.846. The fourth-order valence-electron chi connectivity index (χ4n) is 2.49. The highest BCUT2D eigenvalue weighted by molar-refractivity contribution is 6.30. The van der Waals surface area contributed by atoms with Gasteiger partial charge in [0.15, 0.2) is 0 Å². The van der Waals surface area contributed by atoms with Crippen molar-refractivity contribution < 1.29 is 4.74 Å². The Balaban J connectivity index is 2.01. The molecule has 1 aromatic rings. The third-order valence-electron chi connectivity index (χ3n) is 3.59. The first-order valence-electron chi connectivity index (χ1n) is 6.77. The van der Waals surface area contributed by atoms with E-state index < -0.39 is 0 Å². The van der Waals surface area contributed by atoms with E-state index in [1.54, 1.807) is 12.1 Å². The van der Waals surface area contributed by atoms with Crippen molar-refractivity contribution in [2.45, 2.75) is 19.8 Å². The van der Waals surface area contributed by atoms with Gasteiger partial charge in [-0.15, -0.1) is 0 Å². The van der Waals surface area contributed by atoms with Gasteiger partial charge in [-0.25, -0.2) is 0 Å². The second-order valence-corrected chi connectivity index (χ2v) is 5.30. The molecule has 19 heavy (non-hydrogen) atoms. The average Bonchev–Trinajstić information content (AvgIpc) is 2.45. The van der Waals surface area contributed by atoms with E-state index in [2.05, 4.69) is 11.0 Å². The van der Waals surface area contributed by atoms with Gasteiger partial charge >= 0.3 is 0 Å². The molecule has 3 nitrogen and oxygen atoms in total. The molecule has 0 bridgehead atoms. The summed E-state index contributed by atoms with van der Waals surface area (Å²) in [6.07, 6.45) is 2.22. The van der Waals surface area contributed by atoms with Gasteiger partial charge in [-0.1, -0.05) is 11.6 Å². The van der Waals surface area contributed by atoms with E-state index in [0.29, 0.717) is 16.5 Å². The largest absolute Gasteiger partial charge is 0.381 e. The first kappa shape index (κ1) is 14.2. The summed E-state index contributed by atoms with van der Waals surface area (Å²) in [6, 6.07) is 7.70. The second-order valence-electron chi connectivity index (χ2n) is 4.86. The van der Waals surface area contributed by atoms with E-state index in [1.807, 2.05) is 13.0 Å². The van der Waals surface area contributed by atoms with Crippen molar-refractivity contribution >= 4 is 17.3 Å². The highest BCUT2D eigenvalue weighted by Crippen LogP contribution is 2.28. The van der Waals surface area contributed by atoms with Gasteiger partial charge in [0.1, 0.15) is 6.07 Å². The topological polar surface area (TPSA) is 36.3 Å². The lowest BCUT2D eigenvalue weighted by Gasteiger charge is -2.34. The fraction of sp³-hybridized carbons (Fsp3) is 0.533. The van der Waals surface area contributed by atoms with Crippen LogP contribution in [0.3, 0.4) is 0 Å². The second kappa shape index (κ2) is 6.79. The molecule has 0 saturated carbocycles. The molecule has 0 N–H and O–H groups in total. The van der Waals surface area contributed by atoms with Gasteiger partial charge < -0.3 is 9.64 Å². The number of hydrogen-bond donors (Lipinski definition) is 0. The molecule has 0 aromatic heterocycles. The van der Waals surface area contributed by atoms with Crippen molar-refractivity contribution in [1.29, 1.82) is 5.26 Å². The number of rotatable bonds is 4. The van der Waals surface area contributed by atoms with Gasteiger partial charge in [0.2, 0.25) is 0 Å². The molecule has 1 fully saturated rings. The van der Waals surface area contributed by atoms with E-state index >= 15 is 0 Å². The monoisotopic (exact) mass is 278 g/mol. The number of hydrogen-bond acceptors (Lipinski definition) is 3. The summed E-state index contributed by atoms with van der Waals surface area (Å²) >= 11 is 6.03. The zero-order valence-electron chi connectivity index (χ0n) is 11.2. The van der Waals surface area contributed by atoms with Crippen molar-refractivity contribution in [3.63, 3.8) is 0 Å². The minimum atomic E-state index is 0.640. The molecule has 0 amide bonds. The molecular weight excluding hydrogens is 260 g/mol. The number of piperidine rings is 1. The minimum Gasteiger partial charge on any atom is -0.381 e. The van der Waals surface area contributed by atoms with Crippen molar-refractivity contribution in [1.82, 2.24) is 0 Å². The fourth-order valence-corrected chi connectivity index (χ4v) is 2.65. The predicted molar refractivity (Wildman–Crippen MR) is 77.6 cm³/mol. The molecule has 0 unspecified atom stereocenters. The number of nitrogens with zero attached hydrogens (tertiary/aromatic N) is 2. The Morgan fingerprint density at radius 1 is 1.42 bits per heavy atom. The number of anilines is 1. The van der Waals surface area contributed by atoms with Gasteiger partial charge in [0.05, 0.1) is 11.3 Å². The van der Waals surface area contributed by atoms with Crippen LogP contribution in [0.15, 0.2) is 18.2 Å². The molecule has 4 heteroatoms. The van der Waals surface area contributed by atoms with Crippen LogP contribution in [-0.4, -0.2) is 26.3 Å². The smallest absolute Gasteiger partial charge is 0.101 e. The molecule has 1 aliphatic heterocycles. The first-order valence-corrected chi connectivity index (χ1v) is 7.14. The van der Waals surface area contributed by atoms with Crippen LogP contribution in [0.25, 0.3) is 0 Å². The van der Waals surface area contributed by atoms with Crippen molar-refractivity contribution in [2.75, 3.05) is 31.2 Å². The Morgan fingerprint density at radius 2 is 2.16 bits per heavy atom. The zero-order valence-corrected chi connectivity index (χ0v) is 12.0. The Hall–Kier alpha value is -1.24. The maximum Gasteiger partial charge on any atom is 0.101 e. The number of nitriles is 1. The summed E-state index contributed by atoms with van der Waals surface area (Å²) in [4.78, 5) is 2.26. The van der Waals surface area contributed by atoms with E-state index in [0.717, 1.165) is 44.8 Å². The molecule has 1 heterocycles. The first-order chi connectivity index (χ1) is 9.24. The summed E-state index contributed by atoms with van der Waals surface area (Å²) in [5, 5.41) is 9.85. The zero-order chi connectivity index (χ0) is 13.7. The molecule has 1 aliphatic rings. The predicted octanol–water partition coefficient (Wildman–Crippen LogP) is 3.46. The van der Waals surface area contributed by atoms with Crippen LogP contribution in [-0.2, 0) is 4.74 Å². The van der Waals surface area contributed by atoms with Crippen LogP contribution in [0.2, 0.25) is 5.02 Å². The Bertz CT molecular complexity index is 462. The van der Waals surface area contributed by atoms with E-state index in [1.165, 1.54) is 0 Å². The number of halogens is 1. The average molecular weight is 279 g/mol. The van der Waals surface area contributed by atoms with Crippen LogP contribution in [0, 0.1) is 17.2 Å². The summed E-state index contributed by atoms with van der Waals surface area (Å²) in [6.45, 7) is 5.60. The SMILES string of the molecule is CCOCC1CCN(c2cc(Cl)ccc2C#N)CC1. The van der Waals surface area contributed by atoms with Crippen LogP contribution >= 0.6 is 11.6 Å². The van der Waals surface area contributed by atoms with Crippen molar-refractivity contribution in [2.24, 2.45) is 5.92 Å². The van der Waals surface area contributed by atoms with Crippen LogP contribution in [0.4, 0.5) is 5.69 Å². The molecule has 0 atom stereocenters. The van der Waals surface area contributed by atoms with Crippen molar-refractivity contribution in [3.8, 4) is 6.07 Å². The summed E-state index contributed by atoms with van der Waals surface area (Å²) in [5.41, 5.74) is 1.66. The molecule has 2 rings (SSSR count). The Kier molecular flexibility index (Phi) is 5.07. The minimum absolute atomic E-state index is 0.640. The summed E-state index contributed by atoms with van der Waals surface area (Å²) in [5.74, 6) is 0.640. The van der Waals surface area contributed by atoms with Crippen LogP contribution in [0.5, 0.6) is 0 Å². The van der Waals surface area contributed by atoms with E-state index in [-0.39, 0.29) is 0 Å². The van der Waals surface area contributed by atoms with Gasteiger partial charge in [0, 0.05) is 31.3 Å². The van der Waals surface area contributed by atoms with Gasteiger partial charge in [0.25, 0.3) is 0 Å². The standard InChI is InChI=1S/C15H19ClN2O/c1-2-19-11-12-5-7-18(8-6-12)15-9-14(16)4-3-13(15)10-17/h3-4,9,12H,2,5-8,11H2,1H3. The van der Waals surface area contributed by atoms with Crippen molar-refractivity contribution in [3.05, 3.63) is 28.8 Å². The van der Waals surface area contributed by atoms with Crippen LogP contribution < -0.4 is 4.90 Å². The maximum absolute atomic E-state index is 9.17. The molecule has 0 aliphatic carbocycles. The Morgan fingerprint density at radius 3 is 2.79 bits per heavy atom. The molecular formula is C15H19ClN2O. The lowest BCUT2D eigenvalue weighted by Crippen LogP contribution is -2.35. The third kappa shape index (κ3) is 3.62. The van der Waals surface area contributed by atoms with Gasteiger partial charge in [-0.05, 0) is 43.9 Å². The number of benzene rings is 1. The van der Waals surface area contributed by atoms with Crippen LogP contribution in [0.1, 0.15) is 25.3 Å². The Labute approximate surface area is 119 Å². The summed E-state index contributed by atoms with van der Waals surface area (Å²) in [7, 11) is 0. The van der Waals surface area contributed by atoms with E-state index in [4.69, 9.17) is 21.6 Å². The molecule has 1 aromatic carbocycles. The highest BCUT2D eigenvalue weighted by Gasteiger charge is 2.21. The molecule has 0 radical (unpaired) electrons. The molecule has 1 saturated heterocycles. The molecule has 0 spiro atoms. The molecule has 102 valence electrons. The van der Waals surface area contributed by atoms with Gasteiger partial charge in [-0.2, -0.15) is 5.26 Å². The lowest BCUT2D eigenvalue weighted by molar-refractivity contribution is 0.100.